The van der Waals surface area contributed by atoms with Crippen LogP contribution >= 0.6 is 0 Å². The normalized spacial score (nSPS) is 14.7. The van der Waals surface area contributed by atoms with E-state index in [-0.39, 0.29) is 11.8 Å². The van der Waals surface area contributed by atoms with Gasteiger partial charge in [-0.05, 0) is 36.6 Å². The van der Waals surface area contributed by atoms with E-state index in [0.29, 0.717) is 18.8 Å². The summed E-state index contributed by atoms with van der Waals surface area (Å²) < 4.78 is 0. The number of carbonyl (C=O) groups is 2. The second kappa shape index (κ2) is 9.44. The minimum absolute atomic E-state index is 0.0758. The lowest BCUT2D eigenvalue weighted by Crippen LogP contribution is -2.49. The molecule has 0 spiro atoms. The van der Waals surface area contributed by atoms with Crippen LogP contribution in [-0.4, -0.2) is 42.9 Å². The van der Waals surface area contributed by atoms with Crippen molar-refractivity contribution in [3.8, 4) is 0 Å². The molecule has 2 rings (SSSR count). The predicted octanol–water partition coefficient (Wildman–Crippen LogP) is 3.51. The lowest BCUT2D eigenvalue weighted by atomic mass is 10.1. The molecule has 0 bridgehead atoms. The highest BCUT2D eigenvalue weighted by molar-refractivity contribution is 5.90. The van der Waals surface area contributed by atoms with Gasteiger partial charge in [0.1, 0.15) is 0 Å². The number of unbranched alkanes of at least 4 members (excludes halogenated alkanes) is 1. The third kappa shape index (κ3) is 6.07. The van der Waals surface area contributed by atoms with E-state index in [1.165, 1.54) is 0 Å². The Balaban J connectivity index is 1.83. The zero-order chi connectivity index (χ0) is 18.2. The van der Waals surface area contributed by atoms with E-state index in [0.717, 1.165) is 50.4 Å². The first-order valence-electron chi connectivity index (χ1n) is 9.42. The summed E-state index contributed by atoms with van der Waals surface area (Å²) in [6, 6.07) is 7.99. The van der Waals surface area contributed by atoms with Gasteiger partial charge in [0, 0.05) is 50.4 Å². The molecule has 1 fully saturated rings. The molecule has 25 heavy (non-hydrogen) atoms. The molecule has 138 valence electrons. The van der Waals surface area contributed by atoms with E-state index >= 15 is 0 Å². The Bertz CT molecular complexity index is 561. The van der Waals surface area contributed by atoms with E-state index in [9.17, 15) is 9.59 Å². The molecular weight excluding hydrogens is 314 g/mol. The minimum atomic E-state index is 0.0758. The summed E-state index contributed by atoms with van der Waals surface area (Å²) in [6.07, 6.45) is 3.15. The topological polar surface area (TPSA) is 52.7 Å². The number of carbonyl (C=O) groups excluding carboxylic acids is 2. The van der Waals surface area contributed by atoms with Crippen molar-refractivity contribution in [2.75, 3.05) is 36.4 Å². The predicted molar refractivity (Wildman–Crippen MR) is 103 cm³/mol. The van der Waals surface area contributed by atoms with Crippen molar-refractivity contribution in [3.63, 3.8) is 0 Å². The van der Waals surface area contributed by atoms with E-state index in [1.54, 1.807) is 0 Å². The molecule has 0 aliphatic carbocycles. The summed E-state index contributed by atoms with van der Waals surface area (Å²) in [4.78, 5) is 28.2. The maximum absolute atomic E-state index is 12.1. The molecule has 0 radical (unpaired) electrons. The summed E-state index contributed by atoms with van der Waals surface area (Å²) in [5.41, 5.74) is 1.98. The molecule has 5 heteroatoms. The molecule has 1 heterocycles. The van der Waals surface area contributed by atoms with Crippen LogP contribution in [0, 0.1) is 5.92 Å². The molecule has 1 aromatic rings. The van der Waals surface area contributed by atoms with Crippen LogP contribution in [0.1, 0.15) is 46.5 Å². The Morgan fingerprint density at radius 1 is 1.08 bits per heavy atom. The number of piperazine rings is 1. The van der Waals surface area contributed by atoms with Crippen molar-refractivity contribution < 1.29 is 9.59 Å². The van der Waals surface area contributed by atoms with Gasteiger partial charge in [0.05, 0.1) is 0 Å². The van der Waals surface area contributed by atoms with Gasteiger partial charge < -0.3 is 15.1 Å². The Morgan fingerprint density at radius 2 is 1.72 bits per heavy atom. The lowest BCUT2D eigenvalue weighted by molar-refractivity contribution is -0.132. The van der Waals surface area contributed by atoms with Gasteiger partial charge in [-0.15, -0.1) is 0 Å². The third-order valence-electron chi connectivity index (χ3n) is 4.49. The molecule has 2 amide bonds. The number of nitrogens with zero attached hydrogens (tertiary/aromatic N) is 2. The fourth-order valence-electron chi connectivity index (χ4n) is 3.01. The fraction of sp³-hybridized carbons (Fsp3) is 0.600. The van der Waals surface area contributed by atoms with Crippen molar-refractivity contribution in [2.24, 2.45) is 5.92 Å². The van der Waals surface area contributed by atoms with Crippen molar-refractivity contribution in [2.45, 2.75) is 46.5 Å². The summed E-state index contributed by atoms with van der Waals surface area (Å²) in [7, 11) is 0. The second-order valence-corrected chi connectivity index (χ2v) is 7.16. The highest BCUT2D eigenvalue weighted by Crippen LogP contribution is 2.20. The highest BCUT2D eigenvalue weighted by Gasteiger charge is 2.21. The molecule has 0 saturated carbocycles. The van der Waals surface area contributed by atoms with Gasteiger partial charge >= 0.3 is 0 Å². The molecule has 0 aromatic heterocycles. The zero-order valence-electron chi connectivity index (χ0n) is 15.8. The maximum atomic E-state index is 12.1. The van der Waals surface area contributed by atoms with Gasteiger partial charge in [-0.2, -0.15) is 0 Å². The molecule has 5 nitrogen and oxygen atoms in total. The van der Waals surface area contributed by atoms with Crippen molar-refractivity contribution in [1.29, 1.82) is 0 Å². The van der Waals surface area contributed by atoms with Gasteiger partial charge in [0.15, 0.2) is 0 Å². The second-order valence-electron chi connectivity index (χ2n) is 7.16. The van der Waals surface area contributed by atoms with E-state index in [1.807, 2.05) is 29.2 Å². The van der Waals surface area contributed by atoms with Gasteiger partial charge in [0.2, 0.25) is 11.8 Å². The highest BCUT2D eigenvalue weighted by atomic mass is 16.2. The van der Waals surface area contributed by atoms with Crippen LogP contribution in [0.15, 0.2) is 24.3 Å². The van der Waals surface area contributed by atoms with Crippen LogP contribution in [0.4, 0.5) is 11.4 Å². The summed E-state index contributed by atoms with van der Waals surface area (Å²) in [5.74, 6) is 0.747. The van der Waals surface area contributed by atoms with E-state index in [4.69, 9.17) is 0 Å². The number of hydrogen-bond acceptors (Lipinski definition) is 3. The number of nitrogens with one attached hydrogen (secondary N) is 1. The Kier molecular flexibility index (Phi) is 7.29. The molecule has 0 unspecified atom stereocenters. The SMILES string of the molecule is CCCCC(=O)Nc1ccc(N2CCN(C(=O)CC(C)C)CC2)cc1. The van der Waals surface area contributed by atoms with Crippen molar-refractivity contribution in [1.82, 2.24) is 4.90 Å². The van der Waals surface area contributed by atoms with Crippen LogP contribution in [0.25, 0.3) is 0 Å². The average Bonchev–Trinajstić information content (AvgIpc) is 2.60. The molecule has 1 N–H and O–H groups in total. The van der Waals surface area contributed by atoms with Gasteiger partial charge in [0.25, 0.3) is 0 Å². The Labute approximate surface area is 151 Å². The lowest BCUT2D eigenvalue weighted by Gasteiger charge is -2.36. The number of hydrogen-bond donors (Lipinski definition) is 1. The van der Waals surface area contributed by atoms with Gasteiger partial charge in [-0.25, -0.2) is 0 Å². The first-order chi connectivity index (χ1) is 12.0. The quantitative estimate of drug-likeness (QED) is 0.823. The summed E-state index contributed by atoms with van der Waals surface area (Å²) >= 11 is 0. The first kappa shape index (κ1) is 19.3. The Morgan fingerprint density at radius 3 is 2.28 bits per heavy atom. The summed E-state index contributed by atoms with van der Waals surface area (Å²) in [5, 5.41) is 2.94. The number of anilines is 2. The van der Waals surface area contributed by atoms with Gasteiger partial charge in [-0.3, -0.25) is 9.59 Å². The minimum Gasteiger partial charge on any atom is -0.368 e. The average molecular weight is 345 g/mol. The monoisotopic (exact) mass is 345 g/mol. The molecule has 1 aliphatic heterocycles. The zero-order valence-corrected chi connectivity index (χ0v) is 15.8. The molecule has 1 aromatic carbocycles. The van der Waals surface area contributed by atoms with E-state index in [2.05, 4.69) is 31.0 Å². The van der Waals surface area contributed by atoms with Crippen LogP contribution in [-0.2, 0) is 9.59 Å². The summed E-state index contributed by atoms with van der Waals surface area (Å²) in [6.45, 7) is 9.51. The molecule has 1 saturated heterocycles. The van der Waals surface area contributed by atoms with E-state index < -0.39 is 0 Å². The van der Waals surface area contributed by atoms with Crippen molar-refractivity contribution in [3.05, 3.63) is 24.3 Å². The van der Waals surface area contributed by atoms with Crippen LogP contribution in [0.3, 0.4) is 0 Å². The molecule has 0 atom stereocenters. The fourth-order valence-corrected chi connectivity index (χ4v) is 3.01. The first-order valence-corrected chi connectivity index (χ1v) is 9.42. The van der Waals surface area contributed by atoms with Crippen LogP contribution < -0.4 is 10.2 Å². The molecular formula is C20H31N3O2. The standard InChI is InChI=1S/C20H31N3O2/c1-4-5-6-19(24)21-17-7-9-18(10-8-17)22-11-13-23(14-12-22)20(25)15-16(2)3/h7-10,16H,4-6,11-15H2,1-3H3,(H,21,24). The van der Waals surface area contributed by atoms with Crippen molar-refractivity contribution >= 4 is 23.2 Å². The maximum Gasteiger partial charge on any atom is 0.224 e. The third-order valence-corrected chi connectivity index (χ3v) is 4.49. The smallest absolute Gasteiger partial charge is 0.224 e. The van der Waals surface area contributed by atoms with Crippen LogP contribution in [0.2, 0.25) is 0 Å². The molecule has 1 aliphatic rings. The Hall–Kier alpha value is -2.04. The van der Waals surface area contributed by atoms with Gasteiger partial charge in [-0.1, -0.05) is 27.2 Å². The number of amides is 2. The van der Waals surface area contributed by atoms with Crippen LogP contribution in [0.5, 0.6) is 0 Å². The number of rotatable bonds is 7. The number of benzene rings is 1. The largest absolute Gasteiger partial charge is 0.368 e.